The van der Waals surface area contributed by atoms with E-state index in [-0.39, 0.29) is 11.6 Å². The van der Waals surface area contributed by atoms with Crippen molar-refractivity contribution in [3.05, 3.63) is 77.5 Å². The number of nitriles is 1. The minimum Gasteiger partial charge on any atom is -0.293 e. The first-order valence-electron chi connectivity index (χ1n) is 7.05. The second-order valence-electron chi connectivity index (χ2n) is 5.14. The fraction of sp³-hybridized carbons (Fsp3) is 0.0526. The van der Waals surface area contributed by atoms with Crippen LogP contribution < -0.4 is 0 Å². The number of hydrogen-bond donors (Lipinski definition) is 0. The van der Waals surface area contributed by atoms with Crippen molar-refractivity contribution in [2.24, 2.45) is 0 Å². The lowest BCUT2D eigenvalue weighted by Crippen LogP contribution is -2.14. The van der Waals surface area contributed by atoms with Crippen LogP contribution in [-0.2, 0) is 0 Å². The summed E-state index contributed by atoms with van der Waals surface area (Å²) in [5, 5.41) is 7.50. The highest BCUT2D eigenvalue weighted by molar-refractivity contribution is 6.29. The third-order valence-electron chi connectivity index (χ3n) is 3.90. The highest BCUT2D eigenvalue weighted by atomic mass is 16.2. The van der Waals surface area contributed by atoms with Crippen LogP contribution >= 0.6 is 0 Å². The Morgan fingerprint density at radius 1 is 0.783 bits per heavy atom. The molecule has 0 radical (unpaired) electrons. The van der Waals surface area contributed by atoms with Gasteiger partial charge in [-0.05, 0) is 12.1 Å². The predicted octanol–water partition coefficient (Wildman–Crippen LogP) is 3.54. The molecule has 4 nitrogen and oxygen atoms in total. The summed E-state index contributed by atoms with van der Waals surface area (Å²) in [5.41, 5.74) is 2.33. The zero-order valence-corrected chi connectivity index (χ0v) is 12.1. The molecule has 0 spiro atoms. The number of carbonyl (C=O) groups excluding carboxylic acids is 2. The van der Waals surface area contributed by atoms with E-state index in [1.165, 1.54) is 0 Å². The maximum atomic E-state index is 12.5. The Kier molecular flexibility index (Phi) is 3.70. The summed E-state index contributed by atoms with van der Waals surface area (Å²) in [4.78, 5) is 29.5. The summed E-state index contributed by atoms with van der Waals surface area (Å²) in [6.07, 6.45) is 0. The van der Waals surface area contributed by atoms with Gasteiger partial charge in [0.25, 0.3) is 0 Å². The lowest BCUT2D eigenvalue weighted by molar-refractivity contribution is 0.0888. The van der Waals surface area contributed by atoms with Crippen molar-refractivity contribution in [1.82, 2.24) is 4.98 Å². The Labute approximate surface area is 133 Å². The molecule has 4 heteroatoms. The van der Waals surface area contributed by atoms with Crippen LogP contribution in [0.15, 0.2) is 60.7 Å². The highest BCUT2D eigenvalue weighted by Crippen LogP contribution is 2.33. The van der Waals surface area contributed by atoms with Gasteiger partial charge in [0, 0.05) is 23.1 Å². The zero-order chi connectivity index (χ0) is 16.4. The van der Waals surface area contributed by atoms with Crippen molar-refractivity contribution in [3.63, 3.8) is 0 Å². The van der Waals surface area contributed by atoms with E-state index in [1.54, 1.807) is 30.3 Å². The maximum absolute atomic E-state index is 12.5. The Bertz CT molecular complexity index is 909. The third kappa shape index (κ3) is 2.29. The van der Waals surface area contributed by atoms with Crippen LogP contribution in [-0.4, -0.2) is 16.6 Å². The normalized spacial score (nSPS) is 13.5. The number of hydrogen-bond acceptors (Lipinski definition) is 4. The fourth-order valence-electron chi connectivity index (χ4n) is 2.85. The lowest BCUT2D eigenvalue weighted by atomic mass is 9.98. The quantitative estimate of drug-likeness (QED) is 0.644. The van der Waals surface area contributed by atoms with Gasteiger partial charge >= 0.3 is 0 Å². The van der Waals surface area contributed by atoms with Crippen molar-refractivity contribution < 1.29 is 9.59 Å². The van der Waals surface area contributed by atoms with Gasteiger partial charge in [0.15, 0.2) is 11.6 Å². The molecule has 1 heterocycles. The Morgan fingerprint density at radius 3 is 2.00 bits per heavy atom. The van der Waals surface area contributed by atoms with E-state index in [2.05, 4.69) is 11.6 Å². The number of Topliss-reactive ketones (excluding diaryl/α,β-unsaturated/α-hetero) is 2. The summed E-state index contributed by atoms with van der Waals surface area (Å²) < 4.78 is 0. The standard InChI is InChI=1S/C18H11NO2.CHN/c20-17-12-6-2-3-7-13(12)18(21)16(17)15-10-9-11-5-1-4-8-14(11)19-15;1-2/h1-10,16H;1H. The Balaban J connectivity index is 0.000000753. The van der Waals surface area contributed by atoms with Gasteiger partial charge in [-0.3, -0.25) is 14.6 Å². The maximum Gasteiger partial charge on any atom is 0.180 e. The molecule has 3 aromatic rings. The average molecular weight is 300 g/mol. The number of nitrogens with zero attached hydrogens (tertiary/aromatic N) is 2. The summed E-state index contributed by atoms with van der Waals surface area (Å²) in [6.45, 7) is 3.50. The van der Waals surface area contributed by atoms with Gasteiger partial charge in [-0.1, -0.05) is 48.5 Å². The van der Waals surface area contributed by atoms with E-state index in [9.17, 15) is 9.59 Å². The number of benzene rings is 2. The van der Waals surface area contributed by atoms with Crippen molar-refractivity contribution >= 4 is 22.5 Å². The predicted molar refractivity (Wildman–Crippen MR) is 86.3 cm³/mol. The number of pyridine rings is 1. The van der Waals surface area contributed by atoms with Gasteiger partial charge in [-0.2, -0.15) is 0 Å². The molecule has 1 aliphatic rings. The van der Waals surface area contributed by atoms with E-state index in [0.717, 1.165) is 10.9 Å². The zero-order valence-electron chi connectivity index (χ0n) is 12.1. The summed E-state index contributed by atoms with van der Waals surface area (Å²) >= 11 is 0. The van der Waals surface area contributed by atoms with E-state index in [0.29, 0.717) is 16.8 Å². The lowest BCUT2D eigenvalue weighted by Gasteiger charge is -2.07. The van der Waals surface area contributed by atoms with Crippen molar-refractivity contribution in [3.8, 4) is 6.57 Å². The van der Waals surface area contributed by atoms with Crippen LogP contribution in [0.1, 0.15) is 32.3 Å². The van der Waals surface area contributed by atoms with Gasteiger partial charge in [-0.15, -0.1) is 0 Å². The third-order valence-corrected chi connectivity index (χ3v) is 3.90. The molecule has 0 bridgehead atoms. The van der Waals surface area contributed by atoms with E-state index in [4.69, 9.17) is 5.26 Å². The number of fused-ring (bicyclic) bond motifs is 2. The number of para-hydroxylation sites is 1. The van der Waals surface area contributed by atoms with Gasteiger partial charge in [0.2, 0.25) is 0 Å². The van der Waals surface area contributed by atoms with Crippen LogP contribution in [0.5, 0.6) is 0 Å². The number of carbonyl (C=O) groups is 2. The molecular formula is C19H12N2O2. The van der Waals surface area contributed by atoms with Gasteiger partial charge in [0.05, 0.1) is 11.2 Å². The molecule has 0 unspecified atom stereocenters. The van der Waals surface area contributed by atoms with Crippen LogP contribution in [0, 0.1) is 11.8 Å². The molecule has 0 atom stereocenters. The molecule has 110 valence electrons. The molecule has 0 saturated carbocycles. The molecule has 1 aromatic heterocycles. The Hall–Kier alpha value is -3.32. The summed E-state index contributed by atoms with van der Waals surface area (Å²) in [5.74, 6) is -1.11. The van der Waals surface area contributed by atoms with E-state index < -0.39 is 5.92 Å². The first-order valence-corrected chi connectivity index (χ1v) is 7.05. The molecule has 0 fully saturated rings. The Morgan fingerprint density at radius 2 is 1.35 bits per heavy atom. The number of ketones is 2. The minimum atomic E-state index is -0.799. The van der Waals surface area contributed by atoms with Crippen LogP contribution in [0.4, 0.5) is 0 Å². The van der Waals surface area contributed by atoms with Gasteiger partial charge < -0.3 is 0 Å². The van der Waals surface area contributed by atoms with Crippen LogP contribution in [0.25, 0.3) is 10.9 Å². The number of aromatic nitrogens is 1. The van der Waals surface area contributed by atoms with Crippen molar-refractivity contribution in [2.75, 3.05) is 0 Å². The molecule has 4 rings (SSSR count). The smallest absolute Gasteiger partial charge is 0.180 e. The highest BCUT2D eigenvalue weighted by Gasteiger charge is 2.40. The topological polar surface area (TPSA) is 70.8 Å². The van der Waals surface area contributed by atoms with Gasteiger partial charge in [-0.25, -0.2) is 5.26 Å². The molecular weight excluding hydrogens is 288 g/mol. The largest absolute Gasteiger partial charge is 0.293 e. The number of rotatable bonds is 1. The van der Waals surface area contributed by atoms with Crippen molar-refractivity contribution in [1.29, 1.82) is 5.26 Å². The first kappa shape index (κ1) is 14.6. The SMILES string of the molecule is C#N.O=C1c2ccccc2C(=O)C1c1ccc2ccccc2n1. The molecule has 0 amide bonds. The molecule has 23 heavy (non-hydrogen) atoms. The molecule has 0 saturated heterocycles. The van der Waals surface area contributed by atoms with Crippen molar-refractivity contribution in [2.45, 2.75) is 5.92 Å². The summed E-state index contributed by atoms with van der Waals surface area (Å²) in [7, 11) is 0. The van der Waals surface area contributed by atoms with E-state index >= 15 is 0 Å². The molecule has 0 aliphatic heterocycles. The second-order valence-corrected chi connectivity index (χ2v) is 5.14. The second kappa shape index (κ2) is 5.82. The molecule has 0 N–H and O–H groups in total. The molecule has 2 aromatic carbocycles. The fourth-order valence-corrected chi connectivity index (χ4v) is 2.85. The van der Waals surface area contributed by atoms with E-state index in [1.807, 2.05) is 30.3 Å². The minimum absolute atomic E-state index is 0.154. The first-order chi connectivity index (χ1) is 11.3. The molecule has 1 aliphatic carbocycles. The van der Waals surface area contributed by atoms with Gasteiger partial charge in [0.1, 0.15) is 5.92 Å². The average Bonchev–Trinajstić information content (AvgIpc) is 2.88. The van der Waals surface area contributed by atoms with Crippen LogP contribution in [0.3, 0.4) is 0 Å². The summed E-state index contributed by atoms with van der Waals surface area (Å²) in [6, 6.07) is 18.3. The van der Waals surface area contributed by atoms with Crippen LogP contribution in [0.2, 0.25) is 0 Å². The monoisotopic (exact) mass is 300 g/mol.